The summed E-state index contributed by atoms with van der Waals surface area (Å²) in [5.41, 5.74) is 0.945. The fourth-order valence-electron chi connectivity index (χ4n) is 3.28. The maximum atomic E-state index is 12.5. The summed E-state index contributed by atoms with van der Waals surface area (Å²) in [5.74, 6) is 2.47. The predicted octanol–water partition coefficient (Wildman–Crippen LogP) is 1.74. The van der Waals surface area contributed by atoms with Crippen molar-refractivity contribution in [3.05, 3.63) is 42.4 Å². The zero-order chi connectivity index (χ0) is 17.1. The number of benzene rings is 1. The minimum absolute atomic E-state index is 0.0295. The van der Waals surface area contributed by atoms with Gasteiger partial charge in [0.05, 0.1) is 6.20 Å². The molecule has 0 bridgehead atoms. The molecule has 1 amide bonds. The molecule has 1 aromatic heterocycles. The molecule has 0 unspecified atom stereocenters. The highest BCUT2D eigenvalue weighted by Crippen LogP contribution is 2.35. The summed E-state index contributed by atoms with van der Waals surface area (Å²) in [6, 6.07) is 5.73. The van der Waals surface area contributed by atoms with Gasteiger partial charge in [0.1, 0.15) is 5.82 Å². The molecule has 4 rings (SSSR count). The molecule has 2 aliphatic rings. The highest BCUT2D eigenvalue weighted by Gasteiger charge is 2.26. The monoisotopic (exact) mass is 340 g/mol. The lowest BCUT2D eigenvalue weighted by molar-refractivity contribution is -0.125. The van der Waals surface area contributed by atoms with Gasteiger partial charge in [0.25, 0.3) is 0 Å². The van der Waals surface area contributed by atoms with Gasteiger partial charge in [0.2, 0.25) is 12.7 Å². The Kier molecular flexibility index (Phi) is 4.37. The summed E-state index contributed by atoms with van der Waals surface area (Å²) in [6.07, 6.45) is 6.75. The lowest BCUT2D eigenvalue weighted by Gasteiger charge is -2.31. The molecule has 130 valence electrons. The molecule has 2 aromatic rings. The number of rotatable bonds is 4. The number of nitrogens with zero attached hydrogens (tertiary/aromatic N) is 3. The zero-order valence-corrected chi connectivity index (χ0v) is 13.9. The maximum absolute atomic E-state index is 12.5. The van der Waals surface area contributed by atoms with E-state index in [2.05, 4.69) is 20.2 Å². The molecule has 3 heterocycles. The molecule has 1 N–H and O–H groups in total. The SMILES string of the molecule is O=C(NCc1cccc2c1OCO2)C1CCN(c2cnccn2)CC1. The van der Waals surface area contributed by atoms with Crippen molar-refractivity contribution in [2.24, 2.45) is 5.92 Å². The molecule has 0 atom stereocenters. The van der Waals surface area contributed by atoms with Gasteiger partial charge >= 0.3 is 0 Å². The van der Waals surface area contributed by atoms with Crippen LogP contribution in [-0.2, 0) is 11.3 Å². The Morgan fingerprint density at radius 1 is 1.24 bits per heavy atom. The van der Waals surface area contributed by atoms with E-state index in [1.54, 1.807) is 18.6 Å². The van der Waals surface area contributed by atoms with Crippen LogP contribution < -0.4 is 19.7 Å². The van der Waals surface area contributed by atoms with E-state index in [1.807, 2.05) is 18.2 Å². The second-order valence-electron chi connectivity index (χ2n) is 6.19. The van der Waals surface area contributed by atoms with Crippen molar-refractivity contribution in [2.75, 3.05) is 24.8 Å². The Morgan fingerprint density at radius 2 is 2.12 bits per heavy atom. The van der Waals surface area contributed by atoms with E-state index in [1.165, 1.54) is 0 Å². The number of piperidine rings is 1. The van der Waals surface area contributed by atoms with Gasteiger partial charge in [-0.2, -0.15) is 0 Å². The van der Waals surface area contributed by atoms with Crippen molar-refractivity contribution in [3.8, 4) is 11.5 Å². The lowest BCUT2D eigenvalue weighted by atomic mass is 9.96. The van der Waals surface area contributed by atoms with Gasteiger partial charge in [0.15, 0.2) is 11.5 Å². The fraction of sp³-hybridized carbons (Fsp3) is 0.389. The Balaban J connectivity index is 1.31. The van der Waals surface area contributed by atoms with E-state index >= 15 is 0 Å². The molecule has 25 heavy (non-hydrogen) atoms. The number of carbonyl (C=O) groups is 1. The zero-order valence-electron chi connectivity index (χ0n) is 13.9. The highest BCUT2D eigenvalue weighted by atomic mass is 16.7. The van der Waals surface area contributed by atoms with Gasteiger partial charge in [-0.3, -0.25) is 9.78 Å². The summed E-state index contributed by atoms with van der Waals surface area (Å²) < 4.78 is 10.8. The fourth-order valence-corrected chi connectivity index (χ4v) is 3.28. The third-order valence-corrected chi connectivity index (χ3v) is 4.67. The van der Waals surface area contributed by atoms with Crippen molar-refractivity contribution in [3.63, 3.8) is 0 Å². The van der Waals surface area contributed by atoms with Crippen LogP contribution in [0.4, 0.5) is 5.82 Å². The Hall–Kier alpha value is -2.83. The number of hydrogen-bond acceptors (Lipinski definition) is 6. The average molecular weight is 340 g/mol. The van der Waals surface area contributed by atoms with Gasteiger partial charge in [-0.15, -0.1) is 0 Å². The molecule has 7 nitrogen and oxygen atoms in total. The van der Waals surface area contributed by atoms with Crippen molar-refractivity contribution in [1.29, 1.82) is 0 Å². The molecular formula is C18H20N4O3. The first kappa shape index (κ1) is 15.7. The third-order valence-electron chi connectivity index (χ3n) is 4.67. The minimum Gasteiger partial charge on any atom is -0.454 e. The van der Waals surface area contributed by atoms with Crippen LogP contribution in [0, 0.1) is 5.92 Å². The number of amides is 1. The van der Waals surface area contributed by atoms with Crippen molar-refractivity contribution in [1.82, 2.24) is 15.3 Å². The summed E-state index contributed by atoms with van der Waals surface area (Å²) in [5, 5.41) is 3.03. The normalized spacial score (nSPS) is 16.7. The standard InChI is InChI=1S/C18H20N4O3/c23-18(21-10-14-2-1-3-15-17(14)25-12-24-15)13-4-8-22(9-5-13)16-11-19-6-7-20-16/h1-3,6-7,11,13H,4-5,8-10,12H2,(H,21,23). The number of ether oxygens (including phenoxy) is 2. The van der Waals surface area contributed by atoms with Crippen LogP contribution in [0.2, 0.25) is 0 Å². The summed E-state index contributed by atoms with van der Waals surface area (Å²) in [6.45, 7) is 2.32. The van der Waals surface area contributed by atoms with Crippen LogP contribution in [-0.4, -0.2) is 35.8 Å². The maximum Gasteiger partial charge on any atom is 0.231 e. The molecule has 0 spiro atoms. The second-order valence-corrected chi connectivity index (χ2v) is 6.19. The first-order valence-electron chi connectivity index (χ1n) is 8.47. The predicted molar refractivity (Wildman–Crippen MR) is 91.4 cm³/mol. The molecule has 1 saturated heterocycles. The first-order chi connectivity index (χ1) is 12.3. The van der Waals surface area contributed by atoms with E-state index in [0.717, 1.165) is 48.8 Å². The molecule has 7 heteroatoms. The Bertz CT molecular complexity index is 745. The van der Waals surface area contributed by atoms with Crippen LogP contribution in [0.1, 0.15) is 18.4 Å². The first-order valence-corrected chi connectivity index (χ1v) is 8.47. The van der Waals surface area contributed by atoms with E-state index in [0.29, 0.717) is 6.54 Å². The number of nitrogens with one attached hydrogen (secondary N) is 1. The number of aromatic nitrogens is 2. The van der Waals surface area contributed by atoms with E-state index in [-0.39, 0.29) is 18.6 Å². The van der Waals surface area contributed by atoms with Gasteiger partial charge in [-0.1, -0.05) is 12.1 Å². The summed E-state index contributed by atoms with van der Waals surface area (Å²) in [7, 11) is 0. The van der Waals surface area contributed by atoms with Crippen LogP contribution in [0.5, 0.6) is 11.5 Å². The van der Waals surface area contributed by atoms with Gasteiger partial charge in [-0.25, -0.2) is 4.98 Å². The van der Waals surface area contributed by atoms with Crippen LogP contribution in [0.25, 0.3) is 0 Å². The van der Waals surface area contributed by atoms with Crippen molar-refractivity contribution >= 4 is 11.7 Å². The quantitative estimate of drug-likeness (QED) is 0.914. The van der Waals surface area contributed by atoms with Crippen LogP contribution in [0.3, 0.4) is 0 Å². The topological polar surface area (TPSA) is 76.6 Å². The summed E-state index contributed by atoms with van der Waals surface area (Å²) >= 11 is 0. The Morgan fingerprint density at radius 3 is 2.92 bits per heavy atom. The third kappa shape index (κ3) is 3.35. The van der Waals surface area contributed by atoms with Gasteiger partial charge in [-0.05, 0) is 18.9 Å². The number of fused-ring (bicyclic) bond motifs is 1. The van der Waals surface area contributed by atoms with E-state index in [9.17, 15) is 4.79 Å². The molecule has 0 aliphatic carbocycles. The van der Waals surface area contributed by atoms with Crippen LogP contribution >= 0.6 is 0 Å². The van der Waals surface area contributed by atoms with Crippen molar-refractivity contribution < 1.29 is 14.3 Å². The van der Waals surface area contributed by atoms with Crippen LogP contribution in [0.15, 0.2) is 36.8 Å². The van der Waals surface area contributed by atoms with E-state index < -0.39 is 0 Å². The number of carbonyl (C=O) groups excluding carboxylic acids is 1. The molecule has 0 radical (unpaired) electrons. The molecule has 0 saturated carbocycles. The lowest BCUT2D eigenvalue weighted by Crippen LogP contribution is -2.40. The second kappa shape index (κ2) is 6.96. The minimum atomic E-state index is 0.0295. The Labute approximate surface area is 146 Å². The smallest absolute Gasteiger partial charge is 0.231 e. The highest BCUT2D eigenvalue weighted by molar-refractivity contribution is 5.79. The molecule has 2 aliphatic heterocycles. The van der Waals surface area contributed by atoms with E-state index in [4.69, 9.17) is 9.47 Å². The average Bonchev–Trinajstić information content (AvgIpc) is 3.16. The van der Waals surface area contributed by atoms with Gasteiger partial charge in [0, 0.05) is 43.5 Å². The molecule has 1 aromatic carbocycles. The largest absolute Gasteiger partial charge is 0.454 e. The molecule has 1 fully saturated rings. The van der Waals surface area contributed by atoms with Gasteiger partial charge < -0.3 is 19.7 Å². The van der Waals surface area contributed by atoms with Crippen molar-refractivity contribution in [2.45, 2.75) is 19.4 Å². The number of anilines is 1. The number of hydrogen-bond donors (Lipinski definition) is 1. The summed E-state index contributed by atoms with van der Waals surface area (Å²) in [4.78, 5) is 23.1. The molecular weight excluding hydrogens is 320 g/mol. The number of para-hydroxylation sites is 1.